The van der Waals surface area contributed by atoms with Crippen molar-refractivity contribution in [2.45, 2.75) is 13.3 Å². The van der Waals surface area contributed by atoms with Crippen LogP contribution in [0.25, 0.3) is 0 Å². The fourth-order valence-electron chi connectivity index (χ4n) is 3.96. The van der Waals surface area contributed by atoms with Crippen LogP contribution in [0.5, 0.6) is 5.75 Å². The number of hydrogen-bond acceptors (Lipinski definition) is 5. The van der Waals surface area contributed by atoms with E-state index in [1.54, 1.807) is 18.2 Å². The number of esters is 1. The highest BCUT2D eigenvalue weighted by atomic mass is 127. The minimum absolute atomic E-state index is 0.176. The van der Waals surface area contributed by atoms with Crippen molar-refractivity contribution in [2.75, 3.05) is 0 Å². The molecule has 1 saturated carbocycles. The molecular weight excluding hydrogens is 435 g/mol. The van der Waals surface area contributed by atoms with E-state index in [1.807, 2.05) is 0 Å². The standard InChI is InChI=1S/C18H15IN2O4/c1-9(22)25-14-5-2-10(6-13(14)19)8-20-21-17(23)15-11-3-4-12(7-11)16(15)18(21)24/h2-6,8,11-12,15-16H,7H2,1H3. The largest absolute Gasteiger partial charge is 0.426 e. The van der Waals surface area contributed by atoms with Gasteiger partial charge in [0.2, 0.25) is 0 Å². The van der Waals surface area contributed by atoms with Crippen molar-refractivity contribution in [3.05, 3.63) is 39.5 Å². The van der Waals surface area contributed by atoms with Crippen LogP contribution in [0.15, 0.2) is 35.5 Å². The van der Waals surface area contributed by atoms with Crippen LogP contribution in [0, 0.1) is 27.2 Å². The van der Waals surface area contributed by atoms with Gasteiger partial charge >= 0.3 is 5.97 Å². The van der Waals surface area contributed by atoms with Crippen molar-refractivity contribution in [3.8, 4) is 5.75 Å². The molecular formula is C18H15IN2O4. The highest BCUT2D eigenvalue weighted by Crippen LogP contribution is 2.52. The molecule has 3 aliphatic rings. The van der Waals surface area contributed by atoms with E-state index in [9.17, 15) is 14.4 Å². The Labute approximate surface area is 158 Å². The summed E-state index contributed by atoms with van der Waals surface area (Å²) in [6, 6.07) is 5.16. The number of hydrazone groups is 1. The molecule has 0 radical (unpaired) electrons. The molecule has 1 aromatic carbocycles. The predicted octanol–water partition coefficient (Wildman–Crippen LogP) is 2.36. The fourth-order valence-corrected chi connectivity index (χ4v) is 4.61. The molecule has 4 rings (SSSR count). The first kappa shape index (κ1) is 16.4. The van der Waals surface area contributed by atoms with Crippen LogP contribution in [0.3, 0.4) is 0 Å². The highest BCUT2D eigenvalue weighted by Gasteiger charge is 2.59. The molecule has 2 aliphatic carbocycles. The van der Waals surface area contributed by atoms with E-state index < -0.39 is 0 Å². The molecule has 1 aromatic rings. The number of carbonyl (C=O) groups excluding carboxylic acids is 3. The number of rotatable bonds is 3. The van der Waals surface area contributed by atoms with E-state index >= 15 is 0 Å². The van der Waals surface area contributed by atoms with Gasteiger partial charge in [-0.1, -0.05) is 12.2 Å². The summed E-state index contributed by atoms with van der Waals surface area (Å²) in [5, 5.41) is 5.16. The second kappa shape index (κ2) is 6.05. The topological polar surface area (TPSA) is 76.0 Å². The molecule has 2 fully saturated rings. The molecule has 4 unspecified atom stereocenters. The first-order chi connectivity index (χ1) is 12.0. The fraction of sp³-hybridized carbons (Fsp3) is 0.333. The number of carbonyl (C=O) groups is 3. The maximum absolute atomic E-state index is 12.5. The maximum atomic E-state index is 12.5. The monoisotopic (exact) mass is 450 g/mol. The van der Waals surface area contributed by atoms with Crippen LogP contribution >= 0.6 is 22.6 Å². The highest BCUT2D eigenvalue weighted by molar-refractivity contribution is 14.1. The van der Waals surface area contributed by atoms with Gasteiger partial charge in [-0.15, -0.1) is 0 Å². The number of fused-ring (bicyclic) bond motifs is 5. The number of imide groups is 1. The van der Waals surface area contributed by atoms with Crippen molar-refractivity contribution in [1.82, 2.24) is 5.01 Å². The second-order valence-electron chi connectivity index (χ2n) is 6.52. The average molecular weight is 450 g/mol. The van der Waals surface area contributed by atoms with Gasteiger partial charge in [-0.2, -0.15) is 10.1 Å². The second-order valence-corrected chi connectivity index (χ2v) is 7.68. The molecule has 2 amide bonds. The van der Waals surface area contributed by atoms with Crippen molar-refractivity contribution in [2.24, 2.45) is 28.8 Å². The Morgan fingerprint density at radius 1 is 1.24 bits per heavy atom. The maximum Gasteiger partial charge on any atom is 0.308 e. The Bertz CT molecular complexity index is 817. The van der Waals surface area contributed by atoms with Crippen molar-refractivity contribution >= 4 is 46.6 Å². The van der Waals surface area contributed by atoms with E-state index in [1.165, 1.54) is 13.1 Å². The Kier molecular flexibility index (Phi) is 3.98. The van der Waals surface area contributed by atoms with Crippen LogP contribution in [0.4, 0.5) is 0 Å². The Morgan fingerprint density at radius 3 is 2.44 bits per heavy atom. The van der Waals surface area contributed by atoms with Gasteiger partial charge in [-0.25, -0.2) is 0 Å². The molecule has 2 bridgehead atoms. The number of amides is 2. The molecule has 1 heterocycles. The van der Waals surface area contributed by atoms with Crippen LogP contribution in [-0.4, -0.2) is 29.0 Å². The third kappa shape index (κ3) is 2.70. The van der Waals surface area contributed by atoms with E-state index in [4.69, 9.17) is 4.74 Å². The molecule has 4 atom stereocenters. The van der Waals surface area contributed by atoms with Gasteiger partial charge in [0.25, 0.3) is 11.8 Å². The lowest BCUT2D eigenvalue weighted by Gasteiger charge is -2.13. The summed E-state index contributed by atoms with van der Waals surface area (Å²) in [5.74, 6) is -0.453. The summed E-state index contributed by atoms with van der Waals surface area (Å²) < 4.78 is 5.82. The molecule has 128 valence electrons. The molecule has 6 nitrogen and oxygen atoms in total. The first-order valence-corrected chi connectivity index (χ1v) is 9.11. The van der Waals surface area contributed by atoms with Crippen LogP contribution in [0.1, 0.15) is 18.9 Å². The lowest BCUT2D eigenvalue weighted by Crippen LogP contribution is -2.28. The lowest BCUT2D eigenvalue weighted by atomic mass is 9.85. The normalized spacial score (nSPS) is 29.8. The lowest BCUT2D eigenvalue weighted by molar-refractivity contribution is -0.140. The van der Waals surface area contributed by atoms with E-state index in [0.717, 1.165) is 20.6 Å². The molecule has 7 heteroatoms. The third-order valence-corrected chi connectivity index (χ3v) is 5.82. The average Bonchev–Trinajstić information content (AvgIpc) is 3.23. The predicted molar refractivity (Wildman–Crippen MR) is 97.6 cm³/mol. The molecule has 25 heavy (non-hydrogen) atoms. The molecule has 0 spiro atoms. The molecule has 1 aliphatic heterocycles. The van der Waals surface area contributed by atoms with Crippen LogP contribution in [0.2, 0.25) is 0 Å². The molecule has 0 N–H and O–H groups in total. The van der Waals surface area contributed by atoms with Gasteiger partial charge in [-0.05, 0) is 64.6 Å². The first-order valence-electron chi connectivity index (χ1n) is 8.04. The van der Waals surface area contributed by atoms with E-state index in [2.05, 4.69) is 39.8 Å². The van der Waals surface area contributed by atoms with Crippen molar-refractivity contribution in [3.63, 3.8) is 0 Å². The SMILES string of the molecule is CC(=O)Oc1ccc(C=NN2C(=O)C3C4C=CC(C4)C3C2=O)cc1I. The summed E-state index contributed by atoms with van der Waals surface area (Å²) in [4.78, 5) is 36.1. The summed E-state index contributed by atoms with van der Waals surface area (Å²) in [5.41, 5.74) is 0.721. The van der Waals surface area contributed by atoms with Gasteiger partial charge in [0, 0.05) is 6.92 Å². The quantitative estimate of drug-likeness (QED) is 0.177. The minimum atomic E-state index is -0.387. The number of benzene rings is 1. The Balaban J connectivity index is 1.53. The van der Waals surface area contributed by atoms with Gasteiger partial charge in [0.1, 0.15) is 5.75 Å². The van der Waals surface area contributed by atoms with Crippen molar-refractivity contribution < 1.29 is 19.1 Å². The van der Waals surface area contributed by atoms with Crippen molar-refractivity contribution in [1.29, 1.82) is 0 Å². The minimum Gasteiger partial charge on any atom is -0.426 e. The van der Waals surface area contributed by atoms with E-state index in [0.29, 0.717) is 5.75 Å². The third-order valence-electron chi connectivity index (χ3n) is 4.98. The van der Waals surface area contributed by atoms with Crippen LogP contribution < -0.4 is 4.74 Å². The summed E-state index contributed by atoms with van der Waals surface area (Å²) in [7, 11) is 0. The number of halogens is 1. The number of hydrogen-bond donors (Lipinski definition) is 0. The van der Waals surface area contributed by atoms with Gasteiger partial charge in [-0.3, -0.25) is 14.4 Å². The summed E-state index contributed by atoms with van der Waals surface area (Å²) in [6.07, 6.45) is 6.51. The molecule has 0 aromatic heterocycles. The van der Waals surface area contributed by atoms with E-state index in [-0.39, 0.29) is 41.5 Å². The van der Waals surface area contributed by atoms with Gasteiger partial charge in [0.15, 0.2) is 0 Å². The number of nitrogens with zero attached hydrogens (tertiary/aromatic N) is 2. The molecule has 1 saturated heterocycles. The Hall–Kier alpha value is -2.03. The zero-order valence-corrected chi connectivity index (χ0v) is 15.5. The van der Waals surface area contributed by atoms with Crippen LogP contribution in [-0.2, 0) is 14.4 Å². The van der Waals surface area contributed by atoms with Gasteiger partial charge in [0.05, 0.1) is 21.6 Å². The summed E-state index contributed by atoms with van der Waals surface area (Å²) in [6.45, 7) is 1.34. The number of ether oxygens (including phenoxy) is 1. The smallest absolute Gasteiger partial charge is 0.308 e. The summed E-state index contributed by atoms with van der Waals surface area (Å²) >= 11 is 2.06. The zero-order chi connectivity index (χ0) is 17.7. The number of allylic oxidation sites excluding steroid dienone is 2. The zero-order valence-electron chi connectivity index (χ0n) is 13.4. The Morgan fingerprint density at radius 2 is 1.88 bits per heavy atom. The van der Waals surface area contributed by atoms with Gasteiger partial charge < -0.3 is 4.74 Å².